The Balaban J connectivity index is 1.53. The number of halogens is 1. The van der Waals surface area contributed by atoms with E-state index in [1.165, 1.54) is 5.57 Å². The average Bonchev–Trinajstić information content (AvgIpc) is 3.47. The molecule has 1 fully saturated rings. The largest absolute Gasteiger partial charge is 0.390 e. The minimum absolute atomic E-state index is 0.456. The SMILES string of the molecule is Nc1cc(-c2c(-c3ccc(Cl)cc3)nc3ccc(N4CC5=CNCC5C4)nn23)ccn1. The lowest BCUT2D eigenvalue weighted by Gasteiger charge is -2.17. The minimum Gasteiger partial charge on any atom is -0.390 e. The highest BCUT2D eigenvalue weighted by atomic mass is 35.5. The number of nitrogens with zero attached hydrogens (tertiary/aromatic N) is 5. The zero-order valence-electron chi connectivity index (χ0n) is 16.7. The second-order valence-corrected chi connectivity index (χ2v) is 8.39. The van der Waals surface area contributed by atoms with Crippen LogP contribution in [0.5, 0.6) is 0 Å². The number of hydrogen-bond acceptors (Lipinski definition) is 6. The summed E-state index contributed by atoms with van der Waals surface area (Å²) in [5.41, 5.74) is 11.8. The highest BCUT2D eigenvalue weighted by Gasteiger charge is 2.31. The van der Waals surface area contributed by atoms with E-state index in [2.05, 4.69) is 21.4 Å². The molecule has 31 heavy (non-hydrogen) atoms. The van der Waals surface area contributed by atoms with Crippen molar-refractivity contribution < 1.29 is 0 Å². The van der Waals surface area contributed by atoms with Crippen LogP contribution in [0.4, 0.5) is 11.6 Å². The predicted octanol–water partition coefficient (Wildman–Crippen LogP) is 3.62. The van der Waals surface area contributed by atoms with E-state index in [0.717, 1.165) is 53.6 Å². The number of anilines is 2. The molecule has 0 spiro atoms. The summed E-state index contributed by atoms with van der Waals surface area (Å²) in [5, 5.41) is 9.02. The summed E-state index contributed by atoms with van der Waals surface area (Å²) in [7, 11) is 0. The van der Waals surface area contributed by atoms with E-state index < -0.39 is 0 Å². The van der Waals surface area contributed by atoms with Gasteiger partial charge < -0.3 is 16.0 Å². The van der Waals surface area contributed by atoms with Crippen LogP contribution in [0.2, 0.25) is 5.02 Å². The fraction of sp³-hybridized carbons (Fsp3) is 0.174. The number of nitrogens with two attached hydrogens (primary N) is 1. The van der Waals surface area contributed by atoms with Gasteiger partial charge in [-0.2, -0.15) is 0 Å². The number of rotatable bonds is 3. The molecule has 8 heteroatoms. The van der Waals surface area contributed by atoms with E-state index in [4.69, 9.17) is 27.4 Å². The molecule has 154 valence electrons. The molecule has 0 amide bonds. The van der Waals surface area contributed by atoms with Gasteiger partial charge in [-0.1, -0.05) is 23.7 Å². The third kappa shape index (κ3) is 3.09. The molecule has 1 aromatic carbocycles. The van der Waals surface area contributed by atoms with Crippen molar-refractivity contribution >= 4 is 28.9 Å². The Morgan fingerprint density at radius 1 is 1.06 bits per heavy atom. The van der Waals surface area contributed by atoms with Gasteiger partial charge in [-0.3, -0.25) is 0 Å². The average molecular weight is 430 g/mol. The maximum Gasteiger partial charge on any atom is 0.155 e. The number of nitrogens with one attached hydrogen (secondary N) is 1. The predicted molar refractivity (Wildman–Crippen MR) is 123 cm³/mol. The monoisotopic (exact) mass is 429 g/mol. The molecule has 3 N–H and O–H groups in total. The first-order valence-corrected chi connectivity index (χ1v) is 10.6. The van der Waals surface area contributed by atoms with Gasteiger partial charge in [-0.05, 0) is 48.2 Å². The molecule has 2 aliphatic heterocycles. The van der Waals surface area contributed by atoms with Gasteiger partial charge in [0.15, 0.2) is 5.65 Å². The lowest BCUT2D eigenvalue weighted by atomic mass is 10.1. The quantitative estimate of drug-likeness (QED) is 0.517. The number of hydrogen-bond donors (Lipinski definition) is 2. The standard InChI is InChI=1S/C23H20ClN7/c24-18-3-1-14(2-4-18)22-23(15-7-8-27-19(25)9-15)31-20(28-22)5-6-21(29-31)30-12-16-10-26-11-17(16)13-30/h1-10,17,26H,11-13H2,(H2,25,27). The highest BCUT2D eigenvalue weighted by Crippen LogP contribution is 2.35. The number of nitrogen functional groups attached to an aromatic ring is 1. The smallest absolute Gasteiger partial charge is 0.155 e. The molecule has 7 nitrogen and oxygen atoms in total. The van der Waals surface area contributed by atoms with Gasteiger partial charge in [0.1, 0.15) is 17.3 Å². The Hall–Kier alpha value is -3.58. The molecule has 1 saturated heterocycles. The first-order valence-electron chi connectivity index (χ1n) is 10.2. The summed E-state index contributed by atoms with van der Waals surface area (Å²) < 4.78 is 1.91. The van der Waals surface area contributed by atoms with Crippen molar-refractivity contribution in [3.05, 3.63) is 71.5 Å². The molecule has 4 aromatic rings. The van der Waals surface area contributed by atoms with E-state index in [-0.39, 0.29) is 0 Å². The van der Waals surface area contributed by atoms with Crippen LogP contribution in [-0.4, -0.2) is 39.2 Å². The van der Waals surface area contributed by atoms with Crippen molar-refractivity contribution in [1.82, 2.24) is 24.9 Å². The summed E-state index contributed by atoms with van der Waals surface area (Å²) in [6.07, 6.45) is 3.85. The molecule has 2 aliphatic rings. The van der Waals surface area contributed by atoms with Gasteiger partial charge in [0.25, 0.3) is 0 Å². The van der Waals surface area contributed by atoms with Crippen LogP contribution in [0.1, 0.15) is 0 Å². The number of aromatic nitrogens is 4. The van der Waals surface area contributed by atoms with Crippen molar-refractivity contribution in [2.45, 2.75) is 0 Å². The Morgan fingerprint density at radius 3 is 2.74 bits per heavy atom. The van der Waals surface area contributed by atoms with Crippen molar-refractivity contribution in [3.63, 3.8) is 0 Å². The summed E-state index contributed by atoms with van der Waals surface area (Å²) in [6, 6.07) is 15.5. The number of pyridine rings is 1. The van der Waals surface area contributed by atoms with E-state index >= 15 is 0 Å². The van der Waals surface area contributed by atoms with Crippen LogP contribution >= 0.6 is 11.6 Å². The van der Waals surface area contributed by atoms with Crippen molar-refractivity contribution in [2.75, 3.05) is 30.3 Å². The Kier molecular flexibility index (Phi) is 4.11. The van der Waals surface area contributed by atoms with E-state index in [0.29, 0.717) is 16.8 Å². The molecule has 3 aromatic heterocycles. The van der Waals surface area contributed by atoms with E-state index in [1.807, 2.05) is 53.0 Å². The van der Waals surface area contributed by atoms with Gasteiger partial charge in [0, 0.05) is 47.9 Å². The maximum atomic E-state index is 6.11. The van der Waals surface area contributed by atoms with Gasteiger partial charge >= 0.3 is 0 Å². The maximum absolute atomic E-state index is 6.11. The molecular weight excluding hydrogens is 410 g/mol. The molecule has 5 heterocycles. The minimum atomic E-state index is 0.456. The summed E-state index contributed by atoms with van der Waals surface area (Å²) in [5.74, 6) is 1.95. The Bertz CT molecular complexity index is 1330. The van der Waals surface area contributed by atoms with Crippen LogP contribution in [-0.2, 0) is 0 Å². The van der Waals surface area contributed by atoms with Crippen LogP contribution in [0.3, 0.4) is 0 Å². The molecular formula is C23H20ClN7. The molecule has 0 radical (unpaired) electrons. The number of benzene rings is 1. The molecule has 6 rings (SSSR count). The van der Waals surface area contributed by atoms with Crippen LogP contribution in [0.15, 0.2) is 66.5 Å². The zero-order chi connectivity index (χ0) is 20.9. The summed E-state index contributed by atoms with van der Waals surface area (Å²) in [6.45, 7) is 2.86. The fourth-order valence-electron chi connectivity index (χ4n) is 4.42. The first-order chi connectivity index (χ1) is 15.2. The zero-order valence-corrected chi connectivity index (χ0v) is 17.4. The fourth-order valence-corrected chi connectivity index (χ4v) is 4.55. The van der Waals surface area contributed by atoms with Gasteiger partial charge in [0.05, 0.1) is 5.69 Å². The first kappa shape index (κ1) is 18.2. The van der Waals surface area contributed by atoms with Crippen LogP contribution in [0, 0.1) is 5.92 Å². The van der Waals surface area contributed by atoms with Crippen molar-refractivity contribution in [2.24, 2.45) is 5.92 Å². The van der Waals surface area contributed by atoms with Crippen LogP contribution in [0.25, 0.3) is 28.2 Å². The third-order valence-electron chi connectivity index (χ3n) is 5.95. The van der Waals surface area contributed by atoms with Crippen molar-refractivity contribution in [1.29, 1.82) is 0 Å². The third-order valence-corrected chi connectivity index (χ3v) is 6.20. The topological polar surface area (TPSA) is 84.4 Å². The highest BCUT2D eigenvalue weighted by molar-refractivity contribution is 6.30. The normalized spacial score (nSPS) is 17.6. The van der Waals surface area contributed by atoms with E-state index in [1.54, 1.807) is 6.20 Å². The summed E-state index contributed by atoms with van der Waals surface area (Å²) >= 11 is 6.11. The Morgan fingerprint density at radius 2 is 1.94 bits per heavy atom. The summed E-state index contributed by atoms with van der Waals surface area (Å²) in [4.78, 5) is 11.4. The molecule has 1 unspecified atom stereocenters. The lowest BCUT2D eigenvalue weighted by Crippen LogP contribution is -2.24. The number of fused-ring (bicyclic) bond motifs is 2. The van der Waals surface area contributed by atoms with Gasteiger partial charge in [-0.15, -0.1) is 5.10 Å². The van der Waals surface area contributed by atoms with Crippen molar-refractivity contribution in [3.8, 4) is 22.5 Å². The molecule has 0 aliphatic carbocycles. The second kappa shape index (κ2) is 6.99. The van der Waals surface area contributed by atoms with Gasteiger partial charge in [-0.25, -0.2) is 14.5 Å². The van der Waals surface area contributed by atoms with Crippen LogP contribution < -0.4 is 16.0 Å². The molecule has 1 atom stereocenters. The number of imidazole rings is 1. The Labute approximate surface area is 184 Å². The lowest BCUT2D eigenvalue weighted by molar-refractivity contribution is 0.673. The van der Waals surface area contributed by atoms with E-state index in [9.17, 15) is 0 Å². The molecule has 0 bridgehead atoms. The van der Waals surface area contributed by atoms with Gasteiger partial charge in [0.2, 0.25) is 0 Å². The second-order valence-electron chi connectivity index (χ2n) is 7.95. The molecule has 0 saturated carbocycles.